The molecule has 5 rings (SSSR count). The van der Waals surface area contributed by atoms with Gasteiger partial charge in [0.15, 0.2) is 18.1 Å². The number of methoxy groups -OCH3 is 2. The smallest absolute Gasteiger partial charge is 0.260 e. The van der Waals surface area contributed by atoms with E-state index < -0.39 is 0 Å². The number of hydrogen-bond donors (Lipinski definition) is 0. The van der Waals surface area contributed by atoms with Crippen molar-refractivity contribution in [2.24, 2.45) is 0 Å². The van der Waals surface area contributed by atoms with E-state index in [1.165, 1.54) is 11.1 Å². The van der Waals surface area contributed by atoms with Crippen molar-refractivity contribution in [3.05, 3.63) is 58.8 Å². The van der Waals surface area contributed by atoms with Crippen molar-refractivity contribution >= 4 is 16.8 Å². The third-order valence-electron chi connectivity index (χ3n) is 6.53. The molecule has 0 radical (unpaired) electrons. The minimum atomic E-state index is -0.00381. The molecular formula is C26H28N2O4. The molecule has 2 aromatic carbocycles. The fourth-order valence-electron chi connectivity index (χ4n) is 4.81. The maximum absolute atomic E-state index is 13.1. The van der Waals surface area contributed by atoms with Gasteiger partial charge < -0.3 is 19.1 Å². The monoisotopic (exact) mass is 432 g/mol. The fraction of sp³-hybridized carbons (Fsp3) is 0.385. The molecule has 2 heterocycles. The number of pyridine rings is 1. The Balaban J connectivity index is 1.36. The number of benzene rings is 2. The van der Waals surface area contributed by atoms with Crippen molar-refractivity contribution in [3.63, 3.8) is 0 Å². The summed E-state index contributed by atoms with van der Waals surface area (Å²) in [5.41, 5.74) is 5.51. The molecular weight excluding hydrogens is 404 g/mol. The van der Waals surface area contributed by atoms with Crippen LogP contribution in [0.25, 0.3) is 10.9 Å². The highest BCUT2D eigenvalue weighted by atomic mass is 16.5. The molecule has 0 saturated carbocycles. The number of carbonyl (C=O) groups excluding carboxylic acids is 1. The van der Waals surface area contributed by atoms with Crippen LogP contribution < -0.4 is 14.2 Å². The van der Waals surface area contributed by atoms with E-state index in [0.717, 1.165) is 65.8 Å². The molecule has 3 aromatic rings. The lowest BCUT2D eigenvalue weighted by Crippen LogP contribution is -2.39. The minimum absolute atomic E-state index is 0.00381. The first kappa shape index (κ1) is 20.6. The van der Waals surface area contributed by atoms with Crippen LogP contribution in [-0.2, 0) is 30.6 Å². The molecule has 1 amide bonds. The van der Waals surface area contributed by atoms with Gasteiger partial charge in [0, 0.05) is 29.7 Å². The standard InChI is InChI=1S/C26H28N2O4/c1-30-23-13-17-11-12-28(15-18(17)14-24(23)31-2)25(29)16-32-26-19-7-3-5-9-21(19)27-22-10-6-4-8-20(22)26/h3,5,7,9,13-14H,4,6,8,10-12,15-16H2,1-2H3. The lowest BCUT2D eigenvalue weighted by Gasteiger charge is -2.30. The van der Waals surface area contributed by atoms with Crippen LogP contribution in [0, 0.1) is 0 Å². The molecule has 1 aromatic heterocycles. The third kappa shape index (κ3) is 3.74. The van der Waals surface area contributed by atoms with Crippen LogP contribution in [0.3, 0.4) is 0 Å². The largest absolute Gasteiger partial charge is 0.493 e. The van der Waals surface area contributed by atoms with Gasteiger partial charge in [0.25, 0.3) is 5.91 Å². The van der Waals surface area contributed by atoms with Gasteiger partial charge in [-0.25, -0.2) is 0 Å². The zero-order valence-corrected chi connectivity index (χ0v) is 18.6. The summed E-state index contributed by atoms with van der Waals surface area (Å²) in [6.45, 7) is 1.25. The second-order valence-corrected chi connectivity index (χ2v) is 8.42. The van der Waals surface area contributed by atoms with Gasteiger partial charge in [-0.1, -0.05) is 12.1 Å². The average Bonchev–Trinajstić information content (AvgIpc) is 2.85. The van der Waals surface area contributed by atoms with E-state index >= 15 is 0 Å². The number of rotatable bonds is 5. The minimum Gasteiger partial charge on any atom is -0.493 e. The Morgan fingerprint density at radius 1 is 1.00 bits per heavy atom. The first-order valence-corrected chi connectivity index (χ1v) is 11.2. The Bertz CT molecular complexity index is 1170. The molecule has 0 saturated heterocycles. The normalized spacial score (nSPS) is 15.1. The summed E-state index contributed by atoms with van der Waals surface area (Å²) in [5.74, 6) is 2.24. The summed E-state index contributed by atoms with van der Waals surface area (Å²) in [7, 11) is 3.27. The Labute approximate surface area is 188 Å². The Kier molecular flexibility index (Phi) is 5.60. The van der Waals surface area contributed by atoms with E-state index in [0.29, 0.717) is 18.8 Å². The summed E-state index contributed by atoms with van der Waals surface area (Å²) >= 11 is 0. The van der Waals surface area contributed by atoms with Crippen molar-refractivity contribution in [2.75, 3.05) is 27.4 Å². The maximum Gasteiger partial charge on any atom is 0.260 e. The molecule has 0 atom stereocenters. The maximum atomic E-state index is 13.1. The van der Waals surface area contributed by atoms with E-state index in [9.17, 15) is 4.79 Å². The quantitative estimate of drug-likeness (QED) is 0.608. The highest BCUT2D eigenvalue weighted by molar-refractivity contribution is 5.87. The number of para-hydroxylation sites is 1. The predicted molar refractivity (Wildman–Crippen MR) is 123 cm³/mol. The average molecular weight is 433 g/mol. The molecule has 1 aliphatic heterocycles. The van der Waals surface area contributed by atoms with Crippen LogP contribution in [0.5, 0.6) is 17.2 Å². The van der Waals surface area contributed by atoms with Crippen molar-refractivity contribution in [1.82, 2.24) is 9.88 Å². The van der Waals surface area contributed by atoms with Crippen molar-refractivity contribution < 1.29 is 19.0 Å². The molecule has 0 fully saturated rings. The molecule has 2 aliphatic rings. The predicted octanol–water partition coefficient (Wildman–Crippen LogP) is 4.09. The Morgan fingerprint density at radius 3 is 2.56 bits per heavy atom. The molecule has 6 nitrogen and oxygen atoms in total. The van der Waals surface area contributed by atoms with Crippen molar-refractivity contribution in [1.29, 1.82) is 0 Å². The highest BCUT2D eigenvalue weighted by Crippen LogP contribution is 2.36. The number of aromatic nitrogens is 1. The van der Waals surface area contributed by atoms with Crippen LogP contribution >= 0.6 is 0 Å². The Morgan fingerprint density at radius 2 is 1.75 bits per heavy atom. The summed E-state index contributed by atoms with van der Waals surface area (Å²) in [5, 5.41) is 0.988. The molecule has 0 unspecified atom stereocenters. The van der Waals surface area contributed by atoms with Gasteiger partial charge in [-0.05, 0) is 67.5 Å². The summed E-state index contributed by atoms with van der Waals surface area (Å²) in [4.78, 5) is 19.8. The van der Waals surface area contributed by atoms with Crippen molar-refractivity contribution in [2.45, 2.75) is 38.6 Å². The number of ether oxygens (including phenoxy) is 3. The van der Waals surface area contributed by atoms with Gasteiger partial charge in [-0.2, -0.15) is 0 Å². The van der Waals surface area contributed by atoms with Crippen LogP contribution in [-0.4, -0.2) is 43.2 Å². The third-order valence-corrected chi connectivity index (χ3v) is 6.53. The molecule has 6 heteroatoms. The molecule has 32 heavy (non-hydrogen) atoms. The van der Waals surface area contributed by atoms with Crippen LogP contribution in [0.4, 0.5) is 0 Å². The van der Waals surface area contributed by atoms with Crippen LogP contribution in [0.2, 0.25) is 0 Å². The first-order chi connectivity index (χ1) is 15.7. The van der Waals surface area contributed by atoms with E-state index in [4.69, 9.17) is 19.2 Å². The zero-order valence-electron chi connectivity index (χ0n) is 18.6. The van der Waals surface area contributed by atoms with Crippen LogP contribution in [0.1, 0.15) is 35.2 Å². The topological polar surface area (TPSA) is 60.9 Å². The van der Waals surface area contributed by atoms with Gasteiger partial charge in [0.05, 0.1) is 19.7 Å². The van der Waals surface area contributed by atoms with Gasteiger partial charge >= 0.3 is 0 Å². The summed E-state index contributed by atoms with van der Waals surface area (Å²) < 4.78 is 17.1. The first-order valence-electron chi connectivity index (χ1n) is 11.2. The lowest BCUT2D eigenvalue weighted by atomic mass is 9.93. The van der Waals surface area contributed by atoms with Crippen molar-refractivity contribution in [3.8, 4) is 17.2 Å². The number of fused-ring (bicyclic) bond motifs is 3. The lowest BCUT2D eigenvalue weighted by molar-refractivity contribution is -0.134. The molecule has 1 aliphatic carbocycles. The summed E-state index contributed by atoms with van der Waals surface area (Å²) in [6.07, 6.45) is 4.99. The number of hydrogen-bond acceptors (Lipinski definition) is 5. The van der Waals surface area contributed by atoms with E-state index in [2.05, 4.69) is 0 Å². The Hall–Kier alpha value is -3.28. The second-order valence-electron chi connectivity index (χ2n) is 8.42. The van der Waals surface area contributed by atoms with Crippen LogP contribution in [0.15, 0.2) is 36.4 Å². The van der Waals surface area contributed by atoms with Gasteiger partial charge in [0.1, 0.15) is 5.75 Å². The number of nitrogens with zero attached hydrogens (tertiary/aromatic N) is 2. The van der Waals surface area contributed by atoms with Gasteiger partial charge in [-0.3, -0.25) is 9.78 Å². The zero-order chi connectivity index (χ0) is 22.1. The molecule has 0 bridgehead atoms. The second kappa shape index (κ2) is 8.69. The van der Waals surface area contributed by atoms with Gasteiger partial charge in [0.2, 0.25) is 0 Å². The van der Waals surface area contributed by atoms with E-state index in [1.54, 1.807) is 14.2 Å². The highest BCUT2D eigenvalue weighted by Gasteiger charge is 2.25. The summed E-state index contributed by atoms with van der Waals surface area (Å²) in [6, 6.07) is 12.0. The SMILES string of the molecule is COc1cc2c(cc1OC)CN(C(=O)COc1c3c(nc4ccccc14)CCCC3)CC2. The van der Waals surface area contributed by atoms with E-state index in [1.807, 2.05) is 41.3 Å². The molecule has 0 spiro atoms. The fourth-order valence-corrected chi connectivity index (χ4v) is 4.81. The number of aryl methyl sites for hydroxylation is 1. The van der Waals surface area contributed by atoms with Gasteiger partial charge in [-0.15, -0.1) is 0 Å². The van der Waals surface area contributed by atoms with E-state index in [-0.39, 0.29) is 12.5 Å². The molecule has 0 N–H and O–H groups in total. The molecule has 166 valence electrons. The number of carbonyl (C=O) groups is 1. The number of amides is 1.